The van der Waals surface area contributed by atoms with Crippen LogP contribution in [0.25, 0.3) is 0 Å². The molecule has 0 radical (unpaired) electrons. The number of nitriles is 1. The van der Waals surface area contributed by atoms with Gasteiger partial charge >= 0.3 is 0 Å². The third-order valence-corrected chi connectivity index (χ3v) is 15.0. The van der Waals surface area contributed by atoms with Gasteiger partial charge in [0.1, 0.15) is 29.9 Å². The minimum atomic E-state index is -6.26. The molecule has 4 N–H and O–H groups in total. The highest BCUT2D eigenvalue weighted by molar-refractivity contribution is 8.99. The summed E-state index contributed by atoms with van der Waals surface area (Å²) < 4.78 is 5.41. The fourth-order valence-corrected chi connectivity index (χ4v) is 10.5. The predicted octanol–water partition coefficient (Wildman–Crippen LogP) is -1.63. The third kappa shape index (κ3) is 2.08. The molecule has 0 unspecified atom stereocenters. The number of hydrogen-bond donors (Lipinski definition) is 4. The van der Waals surface area contributed by atoms with E-state index >= 15 is 0 Å². The molecule has 1 rings (SSSR count). The quantitative estimate of drug-likeness (QED) is 0.424. The lowest BCUT2D eigenvalue weighted by Crippen LogP contribution is -2.74. The van der Waals surface area contributed by atoms with Crippen molar-refractivity contribution in [1.29, 1.82) is 5.26 Å². The maximum Gasteiger partial charge on any atom is 0.177 e. The van der Waals surface area contributed by atoms with Crippen molar-refractivity contribution in [2.45, 2.75) is 57.5 Å². The normalized spacial score (nSPS) is 31.1. The Labute approximate surface area is 155 Å². The van der Waals surface area contributed by atoms with Gasteiger partial charge in [-0.1, -0.05) is 0 Å². The van der Waals surface area contributed by atoms with E-state index in [0.29, 0.717) is 0 Å². The molecule has 0 aromatic carbocycles. The predicted molar refractivity (Wildman–Crippen MR) is 94.6 cm³/mol. The second-order valence-corrected chi connectivity index (χ2v) is 13.5. The minimum absolute atomic E-state index is 0.796. The van der Waals surface area contributed by atoms with Crippen LogP contribution in [-0.2, 0) is 23.9 Å². The second-order valence-electron chi connectivity index (χ2n) is 6.79. The van der Waals surface area contributed by atoms with Crippen LogP contribution in [0.3, 0.4) is 0 Å². The van der Waals surface area contributed by atoms with Crippen molar-refractivity contribution in [3.05, 3.63) is 0 Å². The average molecular weight is 407 g/mol. The Balaban J connectivity index is 4.28. The number of carbonyl (C=O) groups is 4. The molecule has 0 spiro atoms. The van der Waals surface area contributed by atoms with Crippen molar-refractivity contribution in [2.75, 3.05) is 12.4 Å². The van der Waals surface area contributed by atoms with E-state index in [0.717, 1.165) is 27.7 Å². The Kier molecular flexibility index (Phi) is 5.83. The molecule has 0 aromatic rings. The van der Waals surface area contributed by atoms with E-state index in [1.165, 1.54) is 0 Å². The zero-order valence-corrected chi connectivity index (χ0v) is 16.3. The van der Waals surface area contributed by atoms with Gasteiger partial charge in [0, 0.05) is 27.7 Å². The first-order chi connectivity index (χ1) is 12.3. The number of rotatable bonds is 3. The van der Waals surface area contributed by atoms with Gasteiger partial charge in [0.25, 0.3) is 0 Å². The van der Waals surface area contributed by atoms with Crippen LogP contribution in [0.4, 0.5) is 0 Å². The van der Waals surface area contributed by atoms with Crippen LogP contribution in [-0.4, -0.2) is 83.1 Å². The molecule has 1 heterocycles. The van der Waals surface area contributed by atoms with Gasteiger partial charge in [0.2, 0.25) is 0 Å². The van der Waals surface area contributed by atoms with Gasteiger partial charge in [-0.05, 0) is 8.29 Å². The zero-order chi connectivity index (χ0) is 21.4. The summed E-state index contributed by atoms with van der Waals surface area (Å²) in [4.78, 5) is 52.4. The van der Waals surface area contributed by atoms with Crippen LogP contribution >= 0.6 is 8.29 Å². The topological polar surface area (TPSA) is 182 Å². The van der Waals surface area contributed by atoms with Crippen molar-refractivity contribution in [1.82, 2.24) is 0 Å². The largest absolute Gasteiger partial charge is 0.394 e. The van der Waals surface area contributed by atoms with E-state index in [4.69, 9.17) is 4.74 Å². The Morgan fingerprint density at radius 3 is 1.59 bits per heavy atom. The van der Waals surface area contributed by atoms with Gasteiger partial charge in [-0.15, -0.1) is 0 Å². The van der Waals surface area contributed by atoms with E-state index in [1.807, 2.05) is 0 Å². The van der Waals surface area contributed by atoms with E-state index in [1.54, 1.807) is 6.07 Å². The van der Waals surface area contributed by atoms with Crippen molar-refractivity contribution >= 4 is 28.8 Å². The number of carbonyl (C=O) groups excluding carboxylic acids is 4. The lowest BCUT2D eigenvalue weighted by Gasteiger charge is -2.73. The van der Waals surface area contributed by atoms with Crippen LogP contribution in [0.2, 0.25) is 0 Å². The van der Waals surface area contributed by atoms with E-state index < -0.39 is 71.0 Å². The molecule has 27 heavy (non-hydrogen) atoms. The van der Waals surface area contributed by atoms with E-state index in [2.05, 4.69) is 0 Å². The second kappa shape index (κ2) is 6.73. The first-order valence-corrected chi connectivity index (χ1v) is 10.7. The summed E-state index contributed by atoms with van der Waals surface area (Å²) in [5.74, 6) is -1.17. The maximum absolute atomic E-state index is 13.1. The first-order valence-electron chi connectivity index (χ1n) is 8.04. The van der Waals surface area contributed by atoms with Gasteiger partial charge in [0.05, 0.1) is 18.4 Å². The van der Waals surface area contributed by atoms with E-state index in [-0.39, 0.29) is 0 Å². The molecule has 11 heteroatoms. The third-order valence-electron chi connectivity index (χ3n) is 6.12. The average Bonchev–Trinajstić information content (AvgIpc) is 2.57. The summed E-state index contributed by atoms with van der Waals surface area (Å²) in [6.07, 6.45) is -7.71. The highest BCUT2D eigenvalue weighted by Gasteiger charge is 2.84. The molecule has 1 saturated heterocycles. The molecule has 0 amide bonds. The Bertz CT molecular complexity index is 682. The molecule has 5 atom stereocenters. The van der Waals surface area contributed by atoms with Crippen LogP contribution < -0.4 is 0 Å². The van der Waals surface area contributed by atoms with Gasteiger partial charge < -0.3 is 25.2 Å². The highest BCUT2D eigenvalue weighted by Crippen LogP contribution is 2.94. The molecule has 10 nitrogen and oxygen atoms in total. The van der Waals surface area contributed by atoms with Crippen LogP contribution in [0, 0.1) is 11.3 Å². The summed E-state index contributed by atoms with van der Waals surface area (Å²) in [6, 6.07) is 1.56. The number of aliphatic hydroxyl groups excluding tert-OH is 4. The molecule has 0 aliphatic carbocycles. The van der Waals surface area contributed by atoms with Gasteiger partial charge in [-0.25, -0.2) is 0 Å². The Morgan fingerprint density at radius 2 is 1.30 bits per heavy atom. The summed E-state index contributed by atoms with van der Waals surface area (Å²) in [6.45, 7) is 2.28. The van der Waals surface area contributed by atoms with Gasteiger partial charge in [-0.2, -0.15) is 5.26 Å². The minimum Gasteiger partial charge on any atom is -0.394 e. The summed E-state index contributed by atoms with van der Waals surface area (Å²) in [5.41, 5.74) is -2.23. The molecule has 1 aliphatic heterocycles. The molecule has 0 aromatic heterocycles. The van der Waals surface area contributed by atoms with Crippen molar-refractivity contribution in [2.24, 2.45) is 0 Å². The van der Waals surface area contributed by atoms with Crippen LogP contribution in [0.5, 0.6) is 0 Å². The smallest absolute Gasteiger partial charge is 0.177 e. The summed E-state index contributed by atoms with van der Waals surface area (Å²) >= 11 is 0. The lowest BCUT2D eigenvalue weighted by atomic mass is 10.0. The molecular formula is C16H25NO9S. The van der Waals surface area contributed by atoms with Crippen LogP contribution in [0.1, 0.15) is 27.7 Å². The number of ether oxygens (including phenoxy) is 1. The van der Waals surface area contributed by atoms with Crippen molar-refractivity contribution < 1.29 is 44.3 Å². The molecule has 1 aliphatic rings. The highest BCUT2D eigenvalue weighted by atomic mass is 32.4. The van der Waals surface area contributed by atoms with Crippen molar-refractivity contribution in [3.63, 3.8) is 0 Å². The molecule has 0 saturated carbocycles. The fraction of sp³-hybridized carbons (Fsp3) is 0.688. The zero-order valence-electron chi connectivity index (χ0n) is 15.5. The standard InChI is InChI=1S/C16H25NO9S/c1-8(19)27(6-5-17,9(2)20,10(3)21,11(4)22)16-15(25)14(24)13(23)12(7-18)26-16/h12-16,18,23-25H,6-7H2,1-4H3/t12-,13-,14+,15+,16+/m1/s1. The van der Waals surface area contributed by atoms with Crippen molar-refractivity contribution in [3.8, 4) is 6.07 Å². The first kappa shape index (κ1) is 23.4. The monoisotopic (exact) mass is 407 g/mol. The molecule has 1 fully saturated rings. The van der Waals surface area contributed by atoms with Gasteiger partial charge in [-0.3, -0.25) is 19.2 Å². The Hall–Kier alpha value is -1.68. The Morgan fingerprint density at radius 1 is 0.889 bits per heavy atom. The van der Waals surface area contributed by atoms with Gasteiger partial charge in [0.15, 0.2) is 20.5 Å². The summed E-state index contributed by atoms with van der Waals surface area (Å²) in [5, 5.41) is 44.7. The number of nitrogens with zero attached hydrogens (tertiary/aromatic N) is 1. The van der Waals surface area contributed by atoms with E-state index in [9.17, 15) is 44.9 Å². The fourth-order valence-electron chi connectivity index (χ4n) is 4.12. The van der Waals surface area contributed by atoms with Crippen LogP contribution in [0.15, 0.2) is 0 Å². The molecule has 154 valence electrons. The molecule has 0 bridgehead atoms. The number of aliphatic hydroxyl groups is 4. The lowest BCUT2D eigenvalue weighted by molar-refractivity contribution is -0.208. The number of hydrogen-bond acceptors (Lipinski definition) is 10. The maximum atomic E-state index is 13.1. The summed E-state index contributed by atoms with van der Waals surface area (Å²) in [7, 11) is -6.26. The molecular weight excluding hydrogens is 382 g/mol. The SMILES string of the molecule is CC(=O)S(CC#N)(C(C)=O)(C(C)=O)(C(C)=O)[C@@H]1O[C@H](CO)[C@@H](O)[C@H](O)[C@@H]1O.